The second kappa shape index (κ2) is 7.11. The Labute approximate surface area is 121 Å². The van der Waals surface area contributed by atoms with Crippen molar-refractivity contribution in [3.63, 3.8) is 0 Å². The quantitative estimate of drug-likeness (QED) is 0.362. The molecule has 1 aromatic rings. The van der Waals surface area contributed by atoms with Gasteiger partial charge in [0.1, 0.15) is 6.20 Å². The van der Waals surface area contributed by atoms with E-state index in [9.17, 15) is 10.1 Å². The van der Waals surface area contributed by atoms with Crippen molar-refractivity contribution < 1.29 is 10.0 Å². The van der Waals surface area contributed by atoms with E-state index in [2.05, 4.69) is 20.3 Å². The third-order valence-corrected chi connectivity index (χ3v) is 3.38. The Kier molecular flexibility index (Phi) is 5.20. The highest BCUT2D eigenvalue weighted by Gasteiger charge is 2.24. The molecule has 1 saturated heterocycles. The largest absolute Gasteiger partial charge is 0.395 e. The molecule has 0 bridgehead atoms. The third kappa shape index (κ3) is 3.74. The molecule has 1 aliphatic rings. The average molecular weight is 297 g/mol. The van der Waals surface area contributed by atoms with E-state index in [0.29, 0.717) is 26.2 Å². The van der Waals surface area contributed by atoms with E-state index >= 15 is 0 Å². The Hall–Kier alpha value is -2.04. The molecule has 2 heterocycles. The van der Waals surface area contributed by atoms with Gasteiger partial charge in [0.2, 0.25) is 11.8 Å². The number of nitrogens with two attached hydrogens (primary N) is 1. The smallest absolute Gasteiger partial charge is 0.329 e. The molecule has 0 aliphatic carbocycles. The lowest BCUT2D eigenvalue weighted by Crippen LogP contribution is -2.33. The Bertz CT molecular complexity index is 499. The topological polar surface area (TPSA) is 134 Å². The minimum atomic E-state index is -0.494. The van der Waals surface area contributed by atoms with Gasteiger partial charge in [-0.3, -0.25) is 20.4 Å². The predicted molar refractivity (Wildman–Crippen MR) is 76.9 cm³/mol. The van der Waals surface area contributed by atoms with Crippen molar-refractivity contribution in [1.29, 1.82) is 0 Å². The fourth-order valence-electron chi connectivity index (χ4n) is 2.35. The van der Waals surface area contributed by atoms with Gasteiger partial charge in [-0.15, -0.1) is 0 Å². The molecule has 0 saturated carbocycles. The SMILES string of the molecule is NNc1ncc([N+](=O)[O-])c(N2CCCN(CCO)CC2)n1. The van der Waals surface area contributed by atoms with Gasteiger partial charge < -0.3 is 10.0 Å². The summed E-state index contributed by atoms with van der Waals surface area (Å²) in [6.45, 7) is 3.53. The lowest BCUT2D eigenvalue weighted by molar-refractivity contribution is -0.384. The van der Waals surface area contributed by atoms with Gasteiger partial charge in [0, 0.05) is 26.2 Å². The molecule has 116 valence electrons. The van der Waals surface area contributed by atoms with Crippen LogP contribution in [0.3, 0.4) is 0 Å². The first kappa shape index (κ1) is 15.4. The lowest BCUT2D eigenvalue weighted by atomic mass is 10.3. The summed E-state index contributed by atoms with van der Waals surface area (Å²) in [6, 6.07) is 0. The van der Waals surface area contributed by atoms with E-state index in [1.54, 1.807) is 0 Å². The molecule has 0 radical (unpaired) electrons. The summed E-state index contributed by atoms with van der Waals surface area (Å²) in [5, 5.41) is 20.1. The minimum Gasteiger partial charge on any atom is -0.395 e. The van der Waals surface area contributed by atoms with E-state index in [1.165, 1.54) is 0 Å². The number of nitrogens with one attached hydrogen (secondary N) is 1. The van der Waals surface area contributed by atoms with E-state index in [1.807, 2.05) is 4.90 Å². The number of nitrogen functional groups attached to an aromatic ring is 1. The summed E-state index contributed by atoms with van der Waals surface area (Å²) in [7, 11) is 0. The number of anilines is 2. The van der Waals surface area contributed by atoms with Crippen LogP contribution in [-0.4, -0.2) is 64.2 Å². The van der Waals surface area contributed by atoms with Crippen LogP contribution >= 0.6 is 0 Å². The van der Waals surface area contributed by atoms with Gasteiger partial charge in [-0.2, -0.15) is 4.98 Å². The molecule has 10 heteroatoms. The van der Waals surface area contributed by atoms with Crippen LogP contribution in [0.1, 0.15) is 6.42 Å². The van der Waals surface area contributed by atoms with Crippen LogP contribution < -0.4 is 16.2 Å². The maximum absolute atomic E-state index is 11.1. The fraction of sp³-hybridized carbons (Fsp3) is 0.636. The van der Waals surface area contributed by atoms with Crippen molar-refractivity contribution in [3.8, 4) is 0 Å². The highest BCUT2D eigenvalue weighted by Crippen LogP contribution is 2.26. The maximum atomic E-state index is 11.1. The van der Waals surface area contributed by atoms with Crippen molar-refractivity contribution in [2.24, 2.45) is 5.84 Å². The highest BCUT2D eigenvalue weighted by atomic mass is 16.6. The molecular weight excluding hydrogens is 278 g/mol. The molecule has 10 nitrogen and oxygen atoms in total. The number of aromatic nitrogens is 2. The summed E-state index contributed by atoms with van der Waals surface area (Å²) in [6.07, 6.45) is 2.00. The van der Waals surface area contributed by atoms with Gasteiger partial charge in [-0.25, -0.2) is 10.8 Å². The molecule has 4 N–H and O–H groups in total. The first-order valence-corrected chi connectivity index (χ1v) is 6.72. The van der Waals surface area contributed by atoms with Crippen molar-refractivity contribution >= 4 is 17.5 Å². The average Bonchev–Trinajstić information content (AvgIpc) is 2.72. The third-order valence-electron chi connectivity index (χ3n) is 3.38. The van der Waals surface area contributed by atoms with Gasteiger partial charge in [0.15, 0.2) is 0 Å². The molecule has 0 unspecified atom stereocenters. The van der Waals surface area contributed by atoms with Crippen LogP contribution in [0.2, 0.25) is 0 Å². The molecule has 0 atom stereocenters. The standard InChI is InChI=1S/C11H19N7O3/c12-15-11-13-8-9(18(20)21)10(14-11)17-3-1-2-16(4-5-17)6-7-19/h8,19H,1-7,12H2,(H,13,14,15). The first-order chi connectivity index (χ1) is 10.2. The number of hydrogen-bond acceptors (Lipinski definition) is 9. The van der Waals surface area contributed by atoms with Crippen LogP contribution in [0.4, 0.5) is 17.5 Å². The summed E-state index contributed by atoms with van der Waals surface area (Å²) < 4.78 is 0. The number of nitrogens with zero attached hydrogens (tertiary/aromatic N) is 5. The van der Waals surface area contributed by atoms with Gasteiger partial charge in [-0.05, 0) is 13.0 Å². The first-order valence-electron chi connectivity index (χ1n) is 6.72. The zero-order valence-electron chi connectivity index (χ0n) is 11.6. The summed E-state index contributed by atoms with van der Waals surface area (Å²) >= 11 is 0. The number of rotatable bonds is 5. The maximum Gasteiger partial charge on any atom is 0.329 e. The van der Waals surface area contributed by atoms with E-state index < -0.39 is 4.92 Å². The fourth-order valence-corrected chi connectivity index (χ4v) is 2.35. The highest BCUT2D eigenvalue weighted by molar-refractivity contribution is 5.58. The molecule has 1 fully saturated rings. The number of nitro groups is 1. The summed E-state index contributed by atoms with van der Waals surface area (Å²) in [4.78, 5) is 22.5. The summed E-state index contributed by atoms with van der Waals surface area (Å²) in [5.41, 5.74) is 2.17. The monoisotopic (exact) mass is 297 g/mol. The van der Waals surface area contributed by atoms with Gasteiger partial charge in [-0.1, -0.05) is 0 Å². The van der Waals surface area contributed by atoms with E-state index in [4.69, 9.17) is 10.9 Å². The molecular formula is C11H19N7O3. The molecule has 0 amide bonds. The van der Waals surface area contributed by atoms with Gasteiger partial charge in [0.25, 0.3) is 0 Å². The van der Waals surface area contributed by atoms with Crippen LogP contribution in [0.15, 0.2) is 6.20 Å². The van der Waals surface area contributed by atoms with Gasteiger partial charge in [0.05, 0.1) is 11.5 Å². The molecule has 1 aromatic heterocycles. The number of hydrogen-bond donors (Lipinski definition) is 3. The zero-order chi connectivity index (χ0) is 15.2. The van der Waals surface area contributed by atoms with Crippen LogP contribution in [0.25, 0.3) is 0 Å². The Morgan fingerprint density at radius 3 is 2.90 bits per heavy atom. The molecule has 21 heavy (non-hydrogen) atoms. The number of hydrazine groups is 1. The van der Waals surface area contributed by atoms with Crippen LogP contribution in [0, 0.1) is 10.1 Å². The molecule has 0 aromatic carbocycles. The Morgan fingerprint density at radius 1 is 1.43 bits per heavy atom. The molecule has 0 spiro atoms. The number of β-amino-alcohol motifs (C(OH)–C–C–N with tert-alkyl or cyclic N) is 1. The van der Waals surface area contributed by atoms with Crippen molar-refractivity contribution in [1.82, 2.24) is 14.9 Å². The predicted octanol–water partition coefficient (Wildman–Crippen LogP) is -0.825. The number of aliphatic hydroxyl groups excluding tert-OH is 1. The lowest BCUT2D eigenvalue weighted by Gasteiger charge is -2.22. The summed E-state index contributed by atoms with van der Waals surface area (Å²) in [5.74, 6) is 5.68. The number of aliphatic hydroxyl groups is 1. The van der Waals surface area contributed by atoms with Crippen LogP contribution in [0.5, 0.6) is 0 Å². The Morgan fingerprint density at radius 2 is 2.24 bits per heavy atom. The van der Waals surface area contributed by atoms with E-state index in [-0.39, 0.29) is 24.1 Å². The van der Waals surface area contributed by atoms with Crippen molar-refractivity contribution in [2.75, 3.05) is 49.7 Å². The van der Waals surface area contributed by atoms with Crippen molar-refractivity contribution in [3.05, 3.63) is 16.3 Å². The van der Waals surface area contributed by atoms with E-state index in [0.717, 1.165) is 19.2 Å². The van der Waals surface area contributed by atoms with Crippen LogP contribution in [-0.2, 0) is 0 Å². The normalized spacial score (nSPS) is 16.6. The molecule has 2 rings (SSSR count). The molecule has 1 aliphatic heterocycles. The Balaban J connectivity index is 2.21. The zero-order valence-corrected chi connectivity index (χ0v) is 11.6. The minimum absolute atomic E-state index is 0.106. The van der Waals surface area contributed by atoms with Gasteiger partial charge >= 0.3 is 5.69 Å². The second-order valence-corrected chi connectivity index (χ2v) is 4.71. The van der Waals surface area contributed by atoms with Crippen molar-refractivity contribution in [2.45, 2.75) is 6.42 Å². The second-order valence-electron chi connectivity index (χ2n) is 4.71.